The predicted octanol–water partition coefficient (Wildman–Crippen LogP) is 6.00. The minimum absolute atomic E-state index is 0.140. The van der Waals surface area contributed by atoms with E-state index in [0.29, 0.717) is 37.8 Å². The second kappa shape index (κ2) is 8.92. The molecule has 8 heteroatoms. The number of hydrogen-bond acceptors (Lipinski definition) is 3. The zero-order chi connectivity index (χ0) is 22.9. The molecule has 2 bridgehead atoms. The molecule has 0 spiro atoms. The van der Waals surface area contributed by atoms with Crippen molar-refractivity contribution in [1.82, 2.24) is 4.90 Å². The van der Waals surface area contributed by atoms with Crippen molar-refractivity contribution in [1.29, 1.82) is 0 Å². The Morgan fingerprint density at radius 3 is 2.28 bits per heavy atom. The van der Waals surface area contributed by atoms with Crippen molar-refractivity contribution in [3.05, 3.63) is 71.0 Å². The Balaban J connectivity index is 1.47. The first kappa shape index (κ1) is 22.3. The molecule has 2 aromatic rings. The van der Waals surface area contributed by atoms with Crippen molar-refractivity contribution in [2.24, 2.45) is 5.92 Å². The highest BCUT2D eigenvalue weighted by Crippen LogP contribution is 2.39. The second-order valence-corrected chi connectivity index (χ2v) is 8.44. The van der Waals surface area contributed by atoms with Crippen molar-refractivity contribution >= 4 is 11.9 Å². The number of piperidine rings is 2. The highest BCUT2D eigenvalue weighted by Gasteiger charge is 2.44. The average molecular weight is 449 g/mol. The Labute approximate surface area is 183 Å². The minimum Gasteiger partial charge on any atom is -0.445 e. The molecule has 170 valence electrons. The Hall–Kier alpha value is -2.90. The van der Waals surface area contributed by atoms with Crippen molar-refractivity contribution in [3.63, 3.8) is 0 Å². The number of carbonyl (C=O) groups excluding carboxylic acids is 2. The molecule has 2 aliphatic heterocycles. The quantitative estimate of drug-likeness (QED) is 0.425. The van der Waals surface area contributed by atoms with Crippen LogP contribution in [0.1, 0.15) is 53.6 Å². The van der Waals surface area contributed by atoms with Crippen molar-refractivity contribution in [3.8, 4) is 0 Å². The summed E-state index contributed by atoms with van der Waals surface area (Å²) in [4.78, 5) is 27.4. The van der Waals surface area contributed by atoms with Gasteiger partial charge in [-0.15, -0.1) is 0 Å². The van der Waals surface area contributed by atoms with Crippen LogP contribution in [0.3, 0.4) is 0 Å². The largest absolute Gasteiger partial charge is 0.445 e. The molecule has 1 amide bonds. The molecule has 2 saturated heterocycles. The summed E-state index contributed by atoms with van der Waals surface area (Å²) >= 11 is 0. The summed E-state index contributed by atoms with van der Waals surface area (Å²) in [5.41, 5.74) is -0.592. The lowest BCUT2D eigenvalue weighted by molar-refractivity contribution is -0.137. The SMILES string of the molecule is O=C(c1cc(F)cc(C(F)(F)F)c1)C1CC2CCCC(C1)N2C(=O)OCc1ccccc1. The molecule has 2 fully saturated rings. The highest BCUT2D eigenvalue weighted by atomic mass is 19.4. The lowest BCUT2D eigenvalue weighted by atomic mass is 9.75. The van der Waals surface area contributed by atoms with Crippen molar-refractivity contribution in [2.45, 2.75) is 57.0 Å². The van der Waals surface area contributed by atoms with E-state index in [2.05, 4.69) is 0 Å². The summed E-state index contributed by atoms with van der Waals surface area (Å²) in [6.45, 7) is 0.140. The molecule has 0 N–H and O–H groups in total. The number of rotatable bonds is 4. The fourth-order valence-corrected chi connectivity index (χ4v) is 4.82. The van der Waals surface area contributed by atoms with Crippen LogP contribution in [0.15, 0.2) is 48.5 Å². The van der Waals surface area contributed by atoms with E-state index in [1.165, 1.54) is 0 Å². The molecular formula is C24H23F4NO3. The Kier molecular flexibility index (Phi) is 6.22. The number of amides is 1. The van der Waals surface area contributed by atoms with Gasteiger partial charge in [0.25, 0.3) is 0 Å². The van der Waals surface area contributed by atoms with Crippen LogP contribution in [0.2, 0.25) is 0 Å². The first-order valence-electron chi connectivity index (χ1n) is 10.6. The van der Waals surface area contributed by atoms with E-state index in [1.54, 1.807) is 4.90 Å². The van der Waals surface area contributed by atoms with Crippen LogP contribution in [0, 0.1) is 11.7 Å². The van der Waals surface area contributed by atoms with Gasteiger partial charge in [-0.25, -0.2) is 9.18 Å². The number of ether oxygens (including phenoxy) is 1. The summed E-state index contributed by atoms with van der Waals surface area (Å²) in [7, 11) is 0. The van der Waals surface area contributed by atoms with E-state index in [9.17, 15) is 27.2 Å². The zero-order valence-electron chi connectivity index (χ0n) is 17.3. The number of nitrogens with zero attached hydrogens (tertiary/aromatic N) is 1. The number of fused-ring (bicyclic) bond motifs is 2. The van der Waals surface area contributed by atoms with Crippen LogP contribution >= 0.6 is 0 Å². The van der Waals surface area contributed by atoms with Crippen molar-refractivity contribution < 1.29 is 31.9 Å². The van der Waals surface area contributed by atoms with Crippen LogP contribution in [0.25, 0.3) is 0 Å². The molecule has 4 rings (SSSR count). The van der Waals surface area contributed by atoms with Gasteiger partial charge < -0.3 is 9.64 Å². The summed E-state index contributed by atoms with van der Waals surface area (Å²) < 4.78 is 58.4. The fourth-order valence-electron chi connectivity index (χ4n) is 4.82. The van der Waals surface area contributed by atoms with E-state index in [4.69, 9.17) is 4.74 Å². The molecule has 0 saturated carbocycles. The lowest BCUT2D eigenvalue weighted by Gasteiger charge is -2.47. The number of ketones is 1. The van der Waals surface area contributed by atoms with Crippen LogP contribution in [-0.4, -0.2) is 28.9 Å². The monoisotopic (exact) mass is 449 g/mol. The van der Waals surface area contributed by atoms with E-state index in [-0.39, 0.29) is 24.3 Å². The first-order chi connectivity index (χ1) is 15.2. The minimum atomic E-state index is -4.74. The van der Waals surface area contributed by atoms with Crippen LogP contribution in [0.4, 0.5) is 22.4 Å². The van der Waals surface area contributed by atoms with Gasteiger partial charge >= 0.3 is 12.3 Å². The molecule has 0 aliphatic carbocycles. The van der Waals surface area contributed by atoms with Gasteiger partial charge in [0.05, 0.1) is 5.56 Å². The topological polar surface area (TPSA) is 46.6 Å². The normalized spacial score (nSPS) is 23.0. The summed E-state index contributed by atoms with van der Waals surface area (Å²) in [5, 5.41) is 0. The predicted molar refractivity (Wildman–Crippen MR) is 108 cm³/mol. The fraction of sp³-hybridized carbons (Fsp3) is 0.417. The Morgan fingerprint density at radius 2 is 1.66 bits per heavy atom. The molecular weight excluding hydrogens is 426 g/mol. The number of hydrogen-bond donors (Lipinski definition) is 0. The molecule has 2 aromatic carbocycles. The van der Waals surface area contributed by atoms with Gasteiger partial charge in [-0.2, -0.15) is 13.2 Å². The van der Waals surface area contributed by atoms with Gasteiger partial charge in [0.2, 0.25) is 0 Å². The van der Waals surface area contributed by atoms with E-state index in [0.717, 1.165) is 18.1 Å². The summed E-state index contributed by atoms with van der Waals surface area (Å²) in [6, 6.07) is 10.8. The summed E-state index contributed by atoms with van der Waals surface area (Å²) in [6.07, 6.45) is -2.24. The number of benzene rings is 2. The third kappa shape index (κ3) is 4.79. The maximum Gasteiger partial charge on any atom is 0.416 e. The van der Waals surface area contributed by atoms with Crippen molar-refractivity contribution in [2.75, 3.05) is 0 Å². The third-order valence-electron chi connectivity index (χ3n) is 6.27. The van der Waals surface area contributed by atoms with Gasteiger partial charge in [0.15, 0.2) is 5.78 Å². The van der Waals surface area contributed by atoms with E-state index >= 15 is 0 Å². The smallest absolute Gasteiger partial charge is 0.416 e. The number of carbonyl (C=O) groups is 2. The molecule has 2 unspecified atom stereocenters. The molecule has 2 heterocycles. The number of halogens is 4. The first-order valence-corrected chi connectivity index (χ1v) is 10.6. The van der Waals surface area contributed by atoms with Crippen LogP contribution in [-0.2, 0) is 17.5 Å². The van der Waals surface area contributed by atoms with E-state index < -0.39 is 35.4 Å². The maximum atomic E-state index is 13.8. The molecule has 0 aromatic heterocycles. The maximum absolute atomic E-state index is 13.8. The Morgan fingerprint density at radius 1 is 1.00 bits per heavy atom. The molecule has 2 aliphatic rings. The van der Waals surface area contributed by atoms with E-state index in [1.807, 2.05) is 30.3 Å². The zero-order valence-corrected chi connectivity index (χ0v) is 17.3. The van der Waals surface area contributed by atoms with Gasteiger partial charge in [0, 0.05) is 23.6 Å². The standard InChI is InChI=1S/C24H23F4NO3/c25-19-10-16(9-18(13-19)24(26,27)28)22(30)17-11-20-7-4-8-21(12-17)29(20)23(31)32-14-15-5-2-1-3-6-15/h1-3,5-6,9-10,13,17,20-21H,4,7-8,11-12,14H2. The molecule has 0 radical (unpaired) electrons. The Bertz CT molecular complexity index is 978. The van der Waals surface area contributed by atoms with Gasteiger partial charge in [0.1, 0.15) is 12.4 Å². The van der Waals surface area contributed by atoms with Gasteiger partial charge in [-0.3, -0.25) is 4.79 Å². The molecule has 32 heavy (non-hydrogen) atoms. The molecule has 2 atom stereocenters. The number of alkyl halides is 3. The number of Topliss-reactive ketones (excluding diaryl/α,β-unsaturated/α-hetero) is 1. The summed E-state index contributed by atoms with van der Waals surface area (Å²) in [5.74, 6) is -2.17. The van der Waals surface area contributed by atoms with Crippen LogP contribution < -0.4 is 0 Å². The second-order valence-electron chi connectivity index (χ2n) is 8.44. The highest BCUT2D eigenvalue weighted by molar-refractivity contribution is 5.98. The average Bonchev–Trinajstić information content (AvgIpc) is 2.75. The third-order valence-corrected chi connectivity index (χ3v) is 6.27. The molecule has 4 nitrogen and oxygen atoms in total. The van der Waals surface area contributed by atoms with Gasteiger partial charge in [-0.05, 0) is 55.9 Å². The lowest BCUT2D eigenvalue weighted by Crippen LogP contribution is -2.55. The van der Waals surface area contributed by atoms with Gasteiger partial charge in [-0.1, -0.05) is 30.3 Å². The van der Waals surface area contributed by atoms with Crippen LogP contribution in [0.5, 0.6) is 0 Å².